The molecule has 13 heavy (non-hydrogen) atoms. The molecule has 0 atom stereocenters. The lowest BCUT2D eigenvalue weighted by Gasteiger charge is -2.05. The number of fused-ring (bicyclic) bond motifs is 1. The van der Waals surface area contributed by atoms with Crippen molar-refractivity contribution in [3.05, 3.63) is 42.2 Å². The summed E-state index contributed by atoms with van der Waals surface area (Å²) in [7, 11) is 1.83. The first-order chi connectivity index (χ1) is 6.33. The Kier molecular flexibility index (Phi) is 1.89. The molecule has 0 aromatic heterocycles. The third-order valence-electron chi connectivity index (χ3n) is 2.14. The van der Waals surface area contributed by atoms with Crippen LogP contribution in [0.2, 0.25) is 0 Å². The number of rotatable bonds is 1. The third kappa shape index (κ3) is 1.24. The van der Waals surface area contributed by atoms with E-state index in [9.17, 15) is 4.39 Å². The molecule has 0 aliphatic carbocycles. The van der Waals surface area contributed by atoms with Gasteiger partial charge in [-0.15, -0.1) is 0 Å². The standard InChI is InChI=1S/C11H10FN/c1-13-11-7-6-10(12)8-4-2-3-5-9(8)11/h2-7,13H,1H3. The van der Waals surface area contributed by atoms with Crippen LogP contribution in [0.3, 0.4) is 0 Å². The molecule has 0 heterocycles. The molecule has 0 bridgehead atoms. The van der Waals surface area contributed by atoms with Gasteiger partial charge in [0.2, 0.25) is 0 Å². The van der Waals surface area contributed by atoms with Crippen molar-refractivity contribution in [3.63, 3.8) is 0 Å². The van der Waals surface area contributed by atoms with Crippen LogP contribution in [0.5, 0.6) is 0 Å². The van der Waals surface area contributed by atoms with Crippen LogP contribution < -0.4 is 5.32 Å². The topological polar surface area (TPSA) is 12.0 Å². The van der Waals surface area contributed by atoms with Crippen LogP contribution in [0, 0.1) is 5.82 Å². The van der Waals surface area contributed by atoms with Gasteiger partial charge in [0, 0.05) is 23.5 Å². The van der Waals surface area contributed by atoms with Crippen LogP contribution in [0.25, 0.3) is 10.8 Å². The van der Waals surface area contributed by atoms with Crippen LogP contribution in [-0.4, -0.2) is 7.05 Å². The second kappa shape index (κ2) is 3.05. The van der Waals surface area contributed by atoms with Crippen LogP contribution in [-0.2, 0) is 0 Å². The number of halogens is 1. The minimum Gasteiger partial charge on any atom is -0.388 e. The SMILES string of the molecule is CNc1ccc(F)c2ccccc12. The summed E-state index contributed by atoms with van der Waals surface area (Å²) in [6.45, 7) is 0. The molecule has 66 valence electrons. The van der Waals surface area contributed by atoms with Crippen molar-refractivity contribution >= 4 is 16.5 Å². The van der Waals surface area contributed by atoms with Crippen molar-refractivity contribution in [2.45, 2.75) is 0 Å². The van der Waals surface area contributed by atoms with Gasteiger partial charge in [0.15, 0.2) is 0 Å². The molecule has 0 aliphatic rings. The van der Waals surface area contributed by atoms with Gasteiger partial charge in [-0.25, -0.2) is 4.39 Å². The number of benzene rings is 2. The van der Waals surface area contributed by atoms with E-state index in [0.29, 0.717) is 5.39 Å². The Labute approximate surface area is 76.2 Å². The van der Waals surface area contributed by atoms with Gasteiger partial charge in [0.1, 0.15) is 5.82 Å². The quantitative estimate of drug-likeness (QED) is 0.702. The number of hydrogen-bond donors (Lipinski definition) is 1. The lowest BCUT2D eigenvalue weighted by molar-refractivity contribution is 0.640. The fourth-order valence-electron chi connectivity index (χ4n) is 1.48. The average molecular weight is 175 g/mol. The third-order valence-corrected chi connectivity index (χ3v) is 2.14. The predicted molar refractivity (Wildman–Crippen MR) is 53.5 cm³/mol. The maximum absolute atomic E-state index is 13.3. The Morgan fingerprint density at radius 2 is 1.69 bits per heavy atom. The molecular weight excluding hydrogens is 165 g/mol. The molecular formula is C11H10FN. The van der Waals surface area contributed by atoms with Gasteiger partial charge in [-0.2, -0.15) is 0 Å². The molecule has 2 aromatic rings. The largest absolute Gasteiger partial charge is 0.388 e. The lowest BCUT2D eigenvalue weighted by atomic mass is 10.1. The highest BCUT2D eigenvalue weighted by molar-refractivity contribution is 5.94. The van der Waals surface area contributed by atoms with Crippen molar-refractivity contribution in [2.24, 2.45) is 0 Å². The zero-order valence-electron chi connectivity index (χ0n) is 7.34. The number of anilines is 1. The van der Waals surface area contributed by atoms with E-state index in [-0.39, 0.29) is 5.82 Å². The van der Waals surface area contributed by atoms with Crippen molar-refractivity contribution in [2.75, 3.05) is 12.4 Å². The van der Waals surface area contributed by atoms with Crippen LogP contribution >= 0.6 is 0 Å². The van der Waals surface area contributed by atoms with Crippen molar-refractivity contribution in [3.8, 4) is 0 Å². The molecule has 2 aromatic carbocycles. The molecule has 0 aliphatic heterocycles. The molecule has 2 rings (SSSR count). The fourth-order valence-corrected chi connectivity index (χ4v) is 1.48. The molecule has 0 unspecified atom stereocenters. The Morgan fingerprint density at radius 3 is 2.38 bits per heavy atom. The Hall–Kier alpha value is -1.57. The first kappa shape index (κ1) is 8.05. The zero-order valence-corrected chi connectivity index (χ0v) is 7.34. The molecule has 2 heteroatoms. The molecule has 0 fully saturated rings. The van der Waals surface area contributed by atoms with E-state index in [0.717, 1.165) is 11.1 Å². The molecule has 1 N–H and O–H groups in total. The molecule has 0 amide bonds. The summed E-state index contributed by atoms with van der Waals surface area (Å²) in [5, 5.41) is 4.61. The summed E-state index contributed by atoms with van der Waals surface area (Å²) in [5.41, 5.74) is 0.956. The maximum Gasteiger partial charge on any atom is 0.131 e. The second-order valence-electron chi connectivity index (χ2n) is 2.89. The van der Waals surface area contributed by atoms with Crippen LogP contribution in [0.4, 0.5) is 10.1 Å². The fraction of sp³-hybridized carbons (Fsp3) is 0.0909. The average Bonchev–Trinajstić information content (AvgIpc) is 2.19. The normalized spacial score (nSPS) is 10.3. The lowest BCUT2D eigenvalue weighted by Crippen LogP contribution is -1.90. The van der Waals surface area contributed by atoms with Gasteiger partial charge in [-0.05, 0) is 12.1 Å². The molecule has 0 saturated carbocycles. The molecule has 1 nitrogen and oxygen atoms in total. The highest BCUT2D eigenvalue weighted by Gasteiger charge is 2.02. The summed E-state index contributed by atoms with van der Waals surface area (Å²) in [5.74, 6) is -0.172. The minimum atomic E-state index is -0.172. The van der Waals surface area contributed by atoms with E-state index in [1.165, 1.54) is 6.07 Å². The van der Waals surface area contributed by atoms with Gasteiger partial charge in [-0.3, -0.25) is 0 Å². The maximum atomic E-state index is 13.3. The number of nitrogens with one attached hydrogen (secondary N) is 1. The minimum absolute atomic E-state index is 0.172. The van der Waals surface area contributed by atoms with E-state index in [1.807, 2.05) is 25.2 Å². The highest BCUT2D eigenvalue weighted by atomic mass is 19.1. The Balaban J connectivity index is 2.84. The second-order valence-corrected chi connectivity index (χ2v) is 2.89. The van der Waals surface area contributed by atoms with Gasteiger partial charge >= 0.3 is 0 Å². The summed E-state index contributed by atoms with van der Waals surface area (Å²) in [6, 6.07) is 10.7. The zero-order chi connectivity index (χ0) is 9.26. The highest BCUT2D eigenvalue weighted by Crippen LogP contribution is 2.24. The summed E-state index contributed by atoms with van der Waals surface area (Å²) in [4.78, 5) is 0. The summed E-state index contributed by atoms with van der Waals surface area (Å²) >= 11 is 0. The van der Waals surface area contributed by atoms with Crippen molar-refractivity contribution in [1.82, 2.24) is 0 Å². The summed E-state index contributed by atoms with van der Waals surface area (Å²) in [6.07, 6.45) is 0. The smallest absolute Gasteiger partial charge is 0.131 e. The van der Waals surface area contributed by atoms with Crippen molar-refractivity contribution < 1.29 is 4.39 Å². The summed E-state index contributed by atoms with van der Waals surface area (Å²) < 4.78 is 13.3. The van der Waals surface area contributed by atoms with E-state index >= 15 is 0 Å². The van der Waals surface area contributed by atoms with Gasteiger partial charge in [0.25, 0.3) is 0 Å². The van der Waals surface area contributed by atoms with Crippen molar-refractivity contribution in [1.29, 1.82) is 0 Å². The molecule has 0 spiro atoms. The predicted octanol–water partition coefficient (Wildman–Crippen LogP) is 3.02. The first-order valence-electron chi connectivity index (χ1n) is 4.18. The van der Waals surface area contributed by atoms with Gasteiger partial charge in [0.05, 0.1) is 0 Å². The van der Waals surface area contributed by atoms with E-state index in [4.69, 9.17) is 0 Å². The van der Waals surface area contributed by atoms with Crippen LogP contribution in [0.1, 0.15) is 0 Å². The van der Waals surface area contributed by atoms with Crippen LogP contribution in [0.15, 0.2) is 36.4 Å². The van der Waals surface area contributed by atoms with E-state index in [2.05, 4.69) is 5.32 Å². The van der Waals surface area contributed by atoms with Gasteiger partial charge in [-0.1, -0.05) is 24.3 Å². The first-order valence-corrected chi connectivity index (χ1v) is 4.18. The monoisotopic (exact) mass is 175 g/mol. The molecule has 0 saturated heterocycles. The Bertz CT molecular complexity index is 437. The molecule has 0 radical (unpaired) electrons. The van der Waals surface area contributed by atoms with E-state index in [1.54, 1.807) is 12.1 Å². The van der Waals surface area contributed by atoms with Gasteiger partial charge < -0.3 is 5.32 Å². The van der Waals surface area contributed by atoms with E-state index < -0.39 is 0 Å². The number of hydrogen-bond acceptors (Lipinski definition) is 1. The Morgan fingerprint density at radius 1 is 1.00 bits per heavy atom.